The topological polar surface area (TPSA) is 63.6 Å². The van der Waals surface area contributed by atoms with Gasteiger partial charge in [-0.05, 0) is 6.07 Å². The Hall–Kier alpha value is -2.27. The van der Waals surface area contributed by atoms with Crippen molar-refractivity contribution >= 4 is 21.5 Å². The van der Waals surface area contributed by atoms with Gasteiger partial charge in [0.15, 0.2) is 5.78 Å². The monoisotopic (exact) mass is 299 g/mol. The number of fused-ring (bicyclic) bond motifs is 2. The van der Waals surface area contributed by atoms with Gasteiger partial charge in [-0.15, -0.1) is 0 Å². The average molecular weight is 299 g/mol. The molecule has 21 heavy (non-hydrogen) atoms. The summed E-state index contributed by atoms with van der Waals surface area (Å²) < 4.78 is 27.9. The minimum absolute atomic E-state index is 0.128. The van der Waals surface area contributed by atoms with Crippen LogP contribution in [0.5, 0.6) is 0 Å². The molecule has 0 saturated carbocycles. The minimum atomic E-state index is -3.68. The molecule has 0 bridgehead atoms. The molecule has 4 rings (SSSR count). The van der Waals surface area contributed by atoms with E-state index in [2.05, 4.69) is 4.40 Å². The second kappa shape index (κ2) is 4.63. The van der Waals surface area contributed by atoms with Crippen molar-refractivity contribution in [3.8, 4) is 0 Å². The van der Waals surface area contributed by atoms with Crippen LogP contribution in [0.25, 0.3) is 0 Å². The Labute approximate surface area is 123 Å². The van der Waals surface area contributed by atoms with Gasteiger partial charge in [0.2, 0.25) is 0 Å². The van der Waals surface area contributed by atoms with Gasteiger partial charge in [0.25, 0.3) is 10.0 Å². The van der Waals surface area contributed by atoms with Gasteiger partial charge in [-0.3, -0.25) is 4.79 Å². The van der Waals surface area contributed by atoms with Crippen LogP contribution in [-0.4, -0.2) is 19.9 Å². The minimum Gasteiger partial charge on any atom is -0.289 e. The quantitative estimate of drug-likeness (QED) is 0.641. The molecule has 1 heterocycles. The van der Waals surface area contributed by atoms with Crippen LogP contribution in [0, 0.1) is 0 Å². The summed E-state index contributed by atoms with van der Waals surface area (Å²) in [6, 6.07) is 11.7. The Morgan fingerprint density at radius 2 is 1.48 bits per heavy atom. The van der Waals surface area contributed by atoms with Crippen LogP contribution in [0.4, 0.5) is 0 Å². The van der Waals surface area contributed by atoms with E-state index in [1.54, 1.807) is 36.4 Å². The van der Waals surface area contributed by atoms with Crippen molar-refractivity contribution in [2.75, 3.05) is 0 Å². The van der Waals surface area contributed by atoms with Crippen LogP contribution in [0.1, 0.15) is 40.9 Å². The van der Waals surface area contributed by atoms with E-state index in [0.717, 1.165) is 0 Å². The Kier molecular flexibility index (Phi) is 3.02. The van der Waals surface area contributed by atoms with Crippen molar-refractivity contribution in [3.63, 3.8) is 0 Å². The highest BCUT2D eigenvalue weighted by molar-refractivity contribution is 7.90. The first kappa shape index (κ1) is 13.7. The molecule has 2 aliphatic rings. The maximum atomic E-state index is 12.4. The van der Waals surface area contributed by atoms with Gasteiger partial charge < -0.3 is 0 Å². The van der Waals surface area contributed by atoms with E-state index in [1.807, 2.05) is 13.8 Å². The van der Waals surface area contributed by atoms with E-state index >= 15 is 0 Å². The highest BCUT2D eigenvalue weighted by Crippen LogP contribution is 2.37. The fraction of sp³-hybridized carbons (Fsp3) is 0.125. The van der Waals surface area contributed by atoms with Crippen LogP contribution in [0.3, 0.4) is 0 Å². The third-order valence-electron chi connectivity index (χ3n) is 3.42. The molecular weight excluding hydrogens is 286 g/mol. The number of nitrogens with zero attached hydrogens (tertiary/aromatic N) is 1. The maximum Gasteiger partial charge on any atom is 0.283 e. The lowest BCUT2D eigenvalue weighted by Crippen LogP contribution is -2.20. The number of sulfonamides is 1. The van der Waals surface area contributed by atoms with E-state index in [1.165, 1.54) is 6.07 Å². The van der Waals surface area contributed by atoms with Gasteiger partial charge in [0.1, 0.15) is 0 Å². The van der Waals surface area contributed by atoms with Gasteiger partial charge in [-0.25, -0.2) is 0 Å². The molecule has 2 aromatic rings. The number of hydrogen-bond acceptors (Lipinski definition) is 3. The molecule has 1 aliphatic heterocycles. The molecule has 5 heteroatoms. The van der Waals surface area contributed by atoms with Crippen molar-refractivity contribution in [2.45, 2.75) is 18.7 Å². The molecule has 1 aliphatic carbocycles. The Morgan fingerprint density at radius 1 is 0.857 bits per heavy atom. The van der Waals surface area contributed by atoms with Gasteiger partial charge in [-0.1, -0.05) is 50.2 Å². The zero-order chi connectivity index (χ0) is 15.2. The number of benzene rings is 2. The number of carbonyl (C=O) groups excluding carboxylic acids is 1. The molecule has 0 saturated heterocycles. The van der Waals surface area contributed by atoms with Gasteiger partial charge >= 0.3 is 0 Å². The summed E-state index contributed by atoms with van der Waals surface area (Å²) >= 11 is 0. The van der Waals surface area contributed by atoms with Crippen LogP contribution >= 0.6 is 0 Å². The third-order valence-corrected chi connectivity index (χ3v) is 4.74. The van der Waals surface area contributed by atoms with Gasteiger partial charge in [0, 0.05) is 22.3 Å². The molecule has 0 atom stereocenters. The van der Waals surface area contributed by atoms with Gasteiger partial charge in [-0.2, -0.15) is 12.8 Å². The summed E-state index contributed by atoms with van der Waals surface area (Å²) in [6.07, 6.45) is 0. The zero-order valence-electron chi connectivity index (χ0n) is 11.6. The number of hydrogen-bond donors (Lipinski definition) is 0. The van der Waals surface area contributed by atoms with E-state index in [-0.39, 0.29) is 10.7 Å². The van der Waals surface area contributed by atoms with Crippen molar-refractivity contribution in [2.24, 2.45) is 4.40 Å². The molecule has 2 aromatic carbocycles. The average Bonchev–Trinajstić information content (AvgIpc) is 2.80. The Bertz CT molecular complexity index is 895. The van der Waals surface area contributed by atoms with Crippen LogP contribution in [0.15, 0.2) is 51.8 Å². The molecule has 0 N–H and O–H groups in total. The highest BCUT2D eigenvalue weighted by Gasteiger charge is 2.38. The predicted octanol–water partition coefficient (Wildman–Crippen LogP) is 2.80. The molecule has 0 aromatic heterocycles. The lowest BCUT2D eigenvalue weighted by Gasteiger charge is -2.17. The van der Waals surface area contributed by atoms with E-state index < -0.39 is 10.0 Å². The second-order valence-corrected chi connectivity index (χ2v) is 6.04. The lowest BCUT2D eigenvalue weighted by atomic mass is 9.84. The lowest BCUT2D eigenvalue weighted by molar-refractivity contribution is 0.103. The standard InChI is InChI=1S/C14H7NO3S.C2H6/c16-14-9-5-2-1-4-8(9)13-12-10(14)6-3-7-11(12)19(17,18)15-13;1-2/h1-7H;1-2H3. The normalized spacial score (nSPS) is 16.3. The molecule has 0 radical (unpaired) electrons. The molecule has 106 valence electrons. The van der Waals surface area contributed by atoms with E-state index in [0.29, 0.717) is 28.0 Å². The van der Waals surface area contributed by atoms with E-state index in [9.17, 15) is 13.2 Å². The molecule has 0 fully saturated rings. The fourth-order valence-electron chi connectivity index (χ4n) is 2.61. The molecule has 0 amide bonds. The first-order valence-electron chi connectivity index (χ1n) is 6.72. The summed E-state index contributed by atoms with van der Waals surface area (Å²) in [6.45, 7) is 4.00. The van der Waals surface area contributed by atoms with Gasteiger partial charge in [0.05, 0.1) is 10.6 Å². The summed E-state index contributed by atoms with van der Waals surface area (Å²) in [5.41, 5.74) is 2.35. The van der Waals surface area contributed by atoms with Crippen molar-refractivity contribution in [1.29, 1.82) is 0 Å². The first-order valence-corrected chi connectivity index (χ1v) is 8.16. The fourth-order valence-corrected chi connectivity index (χ4v) is 3.85. The van der Waals surface area contributed by atoms with Crippen LogP contribution < -0.4 is 0 Å². The zero-order valence-corrected chi connectivity index (χ0v) is 12.4. The number of ketones is 1. The van der Waals surface area contributed by atoms with Crippen molar-refractivity contribution in [3.05, 3.63) is 64.7 Å². The van der Waals surface area contributed by atoms with Crippen molar-refractivity contribution in [1.82, 2.24) is 0 Å². The smallest absolute Gasteiger partial charge is 0.283 e. The summed E-state index contributed by atoms with van der Waals surface area (Å²) in [5.74, 6) is -0.150. The molecule has 4 nitrogen and oxygen atoms in total. The maximum absolute atomic E-state index is 12.4. The molecule has 0 spiro atoms. The number of rotatable bonds is 0. The van der Waals surface area contributed by atoms with E-state index in [4.69, 9.17) is 0 Å². The van der Waals surface area contributed by atoms with Crippen molar-refractivity contribution < 1.29 is 13.2 Å². The molecule has 0 unspecified atom stereocenters. The summed E-state index contributed by atoms with van der Waals surface area (Å²) in [5, 5.41) is 0. The second-order valence-electron chi connectivity index (χ2n) is 4.47. The van der Waals surface area contributed by atoms with Crippen LogP contribution in [-0.2, 0) is 10.0 Å². The third kappa shape index (κ3) is 1.77. The SMILES string of the molecule is CC.O=C1c2ccccc2C2=NS(=O)(=O)c3cccc1c32. The molecular formula is C16H13NO3S. The summed E-state index contributed by atoms with van der Waals surface area (Å²) in [7, 11) is -3.68. The summed E-state index contributed by atoms with van der Waals surface area (Å²) in [4.78, 5) is 12.5. The Morgan fingerprint density at radius 3 is 2.19 bits per heavy atom. The Balaban J connectivity index is 0.000000636. The largest absolute Gasteiger partial charge is 0.289 e. The number of carbonyl (C=O) groups is 1. The predicted molar refractivity (Wildman–Crippen MR) is 80.5 cm³/mol. The highest BCUT2D eigenvalue weighted by atomic mass is 32.2. The first-order chi connectivity index (χ1) is 10.1. The van der Waals surface area contributed by atoms with Crippen LogP contribution in [0.2, 0.25) is 0 Å².